The molecule has 0 radical (unpaired) electrons. The van der Waals surface area contributed by atoms with Gasteiger partial charge in [0.2, 0.25) is 0 Å². The smallest absolute Gasteiger partial charge is 0.339 e. The number of nitrogens with zero attached hydrogens (tertiary/aromatic N) is 1. The van der Waals surface area contributed by atoms with Crippen LogP contribution in [0.1, 0.15) is 37.8 Å². The Balaban J connectivity index is 1.90. The summed E-state index contributed by atoms with van der Waals surface area (Å²) in [4.78, 5) is 24.9. The topological polar surface area (TPSA) is 70.8 Å². The number of amides is 1. The van der Waals surface area contributed by atoms with Gasteiger partial charge in [0.25, 0.3) is 5.91 Å². The number of hydrogen-bond donors (Lipinski definition) is 1. The van der Waals surface area contributed by atoms with Crippen LogP contribution in [0.15, 0.2) is 41.3 Å². The highest BCUT2D eigenvalue weighted by atomic mass is 16.4. The molecule has 0 unspecified atom stereocenters. The van der Waals surface area contributed by atoms with E-state index in [1.807, 2.05) is 12.1 Å². The summed E-state index contributed by atoms with van der Waals surface area (Å²) in [6.07, 6.45) is 0. The fourth-order valence-electron chi connectivity index (χ4n) is 2.49. The number of carbonyl (C=O) groups excluding carboxylic acids is 1. The van der Waals surface area contributed by atoms with E-state index in [1.165, 1.54) is 11.0 Å². The molecular weight excluding hydrogens is 270 g/mol. The van der Waals surface area contributed by atoms with Gasteiger partial charge in [0.05, 0.1) is 6.54 Å². The van der Waals surface area contributed by atoms with Crippen molar-refractivity contribution in [1.29, 1.82) is 0 Å². The number of carbonyl (C=O) groups is 2. The summed E-state index contributed by atoms with van der Waals surface area (Å²) < 4.78 is 5.42. The molecule has 1 aliphatic rings. The highest BCUT2D eigenvalue weighted by Crippen LogP contribution is 2.32. The molecule has 2 aromatic rings. The number of aryl methyl sites for hydroxylation is 1. The van der Waals surface area contributed by atoms with E-state index < -0.39 is 5.97 Å². The van der Waals surface area contributed by atoms with Crippen LogP contribution < -0.4 is 0 Å². The third kappa shape index (κ3) is 2.03. The monoisotopic (exact) mass is 283 g/mol. The van der Waals surface area contributed by atoms with Crippen LogP contribution in [0.25, 0.3) is 5.70 Å². The summed E-state index contributed by atoms with van der Waals surface area (Å²) in [5.41, 5.74) is 2.11. The molecule has 1 amide bonds. The number of fused-ring (bicyclic) bond motifs is 1. The fourth-order valence-corrected chi connectivity index (χ4v) is 2.49. The van der Waals surface area contributed by atoms with Crippen molar-refractivity contribution in [2.75, 3.05) is 0 Å². The van der Waals surface area contributed by atoms with Gasteiger partial charge in [-0.2, -0.15) is 0 Å². The first kappa shape index (κ1) is 13.2. The maximum Gasteiger partial charge on any atom is 0.339 e. The predicted molar refractivity (Wildman–Crippen MR) is 75.8 cm³/mol. The van der Waals surface area contributed by atoms with Crippen LogP contribution in [-0.2, 0) is 6.54 Å². The number of carboxylic acid groups (broad SMARTS) is 1. The van der Waals surface area contributed by atoms with Crippen molar-refractivity contribution in [1.82, 2.24) is 4.90 Å². The van der Waals surface area contributed by atoms with Crippen molar-refractivity contribution in [2.24, 2.45) is 0 Å². The Bertz CT molecular complexity index is 737. The standard InChI is InChI=1S/C16H13NO4/c1-9-12-5-3-4-6-13(12)15(18)17(9)8-11-7-14(16(19)20)10(2)21-11/h3-7H,1,8H2,2H3,(H,19,20). The summed E-state index contributed by atoms with van der Waals surface area (Å²) >= 11 is 0. The average molecular weight is 283 g/mol. The zero-order chi connectivity index (χ0) is 15.1. The molecule has 0 aliphatic carbocycles. The Morgan fingerprint density at radius 3 is 2.57 bits per heavy atom. The van der Waals surface area contributed by atoms with Gasteiger partial charge in [-0.3, -0.25) is 4.79 Å². The Morgan fingerprint density at radius 1 is 1.33 bits per heavy atom. The van der Waals surface area contributed by atoms with Gasteiger partial charge in [-0.05, 0) is 19.1 Å². The zero-order valence-corrected chi connectivity index (χ0v) is 11.4. The lowest BCUT2D eigenvalue weighted by Gasteiger charge is -2.15. The summed E-state index contributed by atoms with van der Waals surface area (Å²) in [7, 11) is 0. The van der Waals surface area contributed by atoms with Gasteiger partial charge < -0.3 is 14.4 Å². The highest BCUT2D eigenvalue weighted by Gasteiger charge is 2.31. The minimum Gasteiger partial charge on any atom is -0.478 e. The maximum absolute atomic E-state index is 12.3. The van der Waals surface area contributed by atoms with Crippen LogP contribution in [0.2, 0.25) is 0 Å². The molecule has 2 heterocycles. The van der Waals surface area contributed by atoms with Crippen LogP contribution in [0.4, 0.5) is 0 Å². The molecule has 0 spiro atoms. The fraction of sp³-hybridized carbons (Fsp3) is 0.125. The summed E-state index contributed by atoms with van der Waals surface area (Å²) in [5, 5.41) is 9.03. The van der Waals surface area contributed by atoms with E-state index in [0.29, 0.717) is 22.8 Å². The van der Waals surface area contributed by atoms with Gasteiger partial charge in [0, 0.05) is 16.8 Å². The van der Waals surface area contributed by atoms with Gasteiger partial charge >= 0.3 is 5.97 Å². The van der Waals surface area contributed by atoms with Crippen LogP contribution in [0.5, 0.6) is 0 Å². The Kier molecular flexibility index (Phi) is 2.90. The Morgan fingerprint density at radius 2 is 2.00 bits per heavy atom. The van der Waals surface area contributed by atoms with Crippen LogP contribution in [-0.4, -0.2) is 21.9 Å². The average Bonchev–Trinajstić information content (AvgIpc) is 2.94. The number of furan rings is 1. The van der Waals surface area contributed by atoms with E-state index in [1.54, 1.807) is 19.1 Å². The lowest BCUT2D eigenvalue weighted by molar-refractivity contribution is 0.0694. The predicted octanol–water partition coefficient (Wildman–Crippen LogP) is 2.91. The SMILES string of the molecule is C=C1c2ccccc2C(=O)N1Cc1cc(C(=O)O)c(C)o1. The highest BCUT2D eigenvalue weighted by molar-refractivity contribution is 6.08. The van der Waals surface area contributed by atoms with Crippen LogP contribution in [0.3, 0.4) is 0 Å². The van der Waals surface area contributed by atoms with Gasteiger partial charge in [0.15, 0.2) is 0 Å². The third-order valence-electron chi connectivity index (χ3n) is 3.55. The molecule has 5 heteroatoms. The van der Waals surface area contributed by atoms with E-state index in [9.17, 15) is 9.59 Å². The number of rotatable bonds is 3. The van der Waals surface area contributed by atoms with Crippen molar-refractivity contribution in [3.05, 3.63) is 65.1 Å². The molecule has 1 aromatic heterocycles. The zero-order valence-electron chi connectivity index (χ0n) is 11.4. The Hall–Kier alpha value is -2.82. The van der Waals surface area contributed by atoms with Gasteiger partial charge in [-0.25, -0.2) is 4.79 Å². The minimum absolute atomic E-state index is 0.111. The van der Waals surface area contributed by atoms with E-state index in [4.69, 9.17) is 9.52 Å². The third-order valence-corrected chi connectivity index (χ3v) is 3.55. The number of aromatic carboxylic acids is 1. The molecule has 3 rings (SSSR count). The molecule has 1 aromatic carbocycles. The van der Waals surface area contributed by atoms with E-state index in [-0.39, 0.29) is 18.0 Å². The first-order chi connectivity index (χ1) is 9.99. The van der Waals surface area contributed by atoms with Gasteiger partial charge in [-0.15, -0.1) is 0 Å². The maximum atomic E-state index is 12.3. The van der Waals surface area contributed by atoms with Gasteiger partial charge in [0.1, 0.15) is 17.1 Å². The molecule has 106 valence electrons. The summed E-state index contributed by atoms with van der Waals surface area (Å²) in [6.45, 7) is 5.69. The lowest BCUT2D eigenvalue weighted by atomic mass is 10.1. The number of carboxylic acids is 1. The molecule has 0 saturated heterocycles. The normalized spacial score (nSPS) is 13.7. The van der Waals surface area contributed by atoms with Crippen molar-refractivity contribution >= 4 is 17.6 Å². The van der Waals surface area contributed by atoms with Crippen molar-refractivity contribution in [3.8, 4) is 0 Å². The quantitative estimate of drug-likeness (QED) is 0.940. The molecule has 1 aliphatic heterocycles. The Labute approximate surface area is 121 Å². The number of benzene rings is 1. The molecule has 0 atom stereocenters. The van der Waals surface area contributed by atoms with E-state index in [0.717, 1.165) is 5.56 Å². The summed E-state index contributed by atoms with van der Waals surface area (Å²) in [5.74, 6) is -0.446. The molecular formula is C16H13NO4. The van der Waals surface area contributed by atoms with Crippen LogP contribution >= 0.6 is 0 Å². The minimum atomic E-state index is -1.04. The molecule has 0 bridgehead atoms. The van der Waals surface area contributed by atoms with Crippen molar-refractivity contribution in [2.45, 2.75) is 13.5 Å². The second-order valence-electron chi connectivity index (χ2n) is 4.87. The second-order valence-corrected chi connectivity index (χ2v) is 4.87. The lowest BCUT2D eigenvalue weighted by Crippen LogP contribution is -2.21. The first-order valence-electron chi connectivity index (χ1n) is 6.42. The second kappa shape index (κ2) is 4.63. The number of hydrogen-bond acceptors (Lipinski definition) is 3. The molecule has 1 N–H and O–H groups in total. The first-order valence-corrected chi connectivity index (χ1v) is 6.42. The van der Waals surface area contributed by atoms with Crippen molar-refractivity contribution < 1.29 is 19.1 Å². The molecule has 0 fully saturated rings. The molecule has 5 nitrogen and oxygen atoms in total. The van der Waals surface area contributed by atoms with E-state index >= 15 is 0 Å². The molecule has 21 heavy (non-hydrogen) atoms. The largest absolute Gasteiger partial charge is 0.478 e. The summed E-state index contributed by atoms with van der Waals surface area (Å²) in [6, 6.07) is 8.68. The van der Waals surface area contributed by atoms with E-state index in [2.05, 4.69) is 6.58 Å². The van der Waals surface area contributed by atoms with Gasteiger partial charge in [-0.1, -0.05) is 24.8 Å². The van der Waals surface area contributed by atoms with Crippen LogP contribution in [0, 0.1) is 6.92 Å². The van der Waals surface area contributed by atoms with Crippen molar-refractivity contribution in [3.63, 3.8) is 0 Å². The molecule has 0 saturated carbocycles.